The van der Waals surface area contributed by atoms with Crippen molar-refractivity contribution in [2.75, 3.05) is 0 Å². The first kappa shape index (κ1) is 9.58. The van der Waals surface area contributed by atoms with Gasteiger partial charge in [-0.15, -0.1) is 11.3 Å². The lowest BCUT2D eigenvalue weighted by molar-refractivity contribution is -0.0901. The van der Waals surface area contributed by atoms with E-state index in [1.165, 1.54) is 11.3 Å². The number of halogens is 2. The summed E-state index contributed by atoms with van der Waals surface area (Å²) in [6.45, 7) is 0. The van der Waals surface area contributed by atoms with E-state index in [2.05, 4.69) is 5.32 Å². The molecule has 1 N–H and O–H groups in total. The zero-order valence-electron chi connectivity index (χ0n) is 7.30. The van der Waals surface area contributed by atoms with Crippen LogP contribution in [0.15, 0.2) is 17.5 Å². The average molecular weight is 217 g/mol. The van der Waals surface area contributed by atoms with Gasteiger partial charge in [-0.3, -0.25) is 4.79 Å². The molecule has 0 unspecified atom stereocenters. The number of rotatable bonds is 2. The van der Waals surface area contributed by atoms with Crippen LogP contribution < -0.4 is 5.32 Å². The molecule has 0 spiro atoms. The van der Waals surface area contributed by atoms with Crippen LogP contribution >= 0.6 is 11.3 Å². The van der Waals surface area contributed by atoms with Gasteiger partial charge in [-0.1, -0.05) is 6.07 Å². The first-order valence-corrected chi connectivity index (χ1v) is 5.17. The number of alkyl halides is 2. The molecule has 1 aromatic rings. The topological polar surface area (TPSA) is 29.1 Å². The van der Waals surface area contributed by atoms with E-state index in [9.17, 15) is 13.6 Å². The van der Waals surface area contributed by atoms with Gasteiger partial charge in [0.05, 0.1) is 4.88 Å². The van der Waals surface area contributed by atoms with Crippen LogP contribution in [-0.4, -0.2) is 17.9 Å². The van der Waals surface area contributed by atoms with Gasteiger partial charge in [0.15, 0.2) is 0 Å². The third-order valence-electron chi connectivity index (χ3n) is 2.17. The zero-order valence-corrected chi connectivity index (χ0v) is 8.11. The van der Waals surface area contributed by atoms with Gasteiger partial charge in [0, 0.05) is 18.9 Å². The van der Waals surface area contributed by atoms with Gasteiger partial charge in [0.2, 0.25) is 0 Å². The quantitative estimate of drug-likeness (QED) is 0.809. The summed E-state index contributed by atoms with van der Waals surface area (Å²) >= 11 is 1.31. The van der Waals surface area contributed by atoms with Crippen molar-refractivity contribution < 1.29 is 13.6 Å². The lowest BCUT2D eigenvalue weighted by atomic mass is 9.88. The lowest BCUT2D eigenvalue weighted by Crippen LogP contribution is -2.50. The largest absolute Gasteiger partial charge is 0.348 e. The summed E-state index contributed by atoms with van der Waals surface area (Å²) < 4.78 is 24.9. The van der Waals surface area contributed by atoms with Crippen LogP contribution in [0.1, 0.15) is 22.5 Å². The van der Waals surface area contributed by atoms with E-state index < -0.39 is 5.92 Å². The Hall–Kier alpha value is -0.970. The third-order valence-corrected chi connectivity index (χ3v) is 3.04. The molecule has 0 atom stereocenters. The van der Waals surface area contributed by atoms with Crippen molar-refractivity contribution in [1.82, 2.24) is 5.32 Å². The normalized spacial score (nSPS) is 20.1. The summed E-state index contributed by atoms with van der Waals surface area (Å²) in [5.74, 6) is -2.83. The van der Waals surface area contributed by atoms with Crippen LogP contribution in [0, 0.1) is 0 Å². The highest BCUT2D eigenvalue weighted by molar-refractivity contribution is 7.12. The van der Waals surface area contributed by atoms with Crippen LogP contribution in [0.2, 0.25) is 0 Å². The van der Waals surface area contributed by atoms with E-state index in [1.807, 2.05) is 0 Å². The van der Waals surface area contributed by atoms with Gasteiger partial charge in [-0.05, 0) is 11.4 Å². The third kappa shape index (κ3) is 1.92. The van der Waals surface area contributed by atoms with Crippen LogP contribution in [0.3, 0.4) is 0 Å². The Kier molecular flexibility index (Phi) is 2.26. The molecule has 1 heterocycles. The molecular weight excluding hydrogens is 208 g/mol. The summed E-state index contributed by atoms with van der Waals surface area (Å²) in [5, 5.41) is 4.35. The summed E-state index contributed by atoms with van der Waals surface area (Å²) in [4.78, 5) is 11.9. The van der Waals surface area contributed by atoms with Crippen LogP contribution in [-0.2, 0) is 0 Å². The first-order valence-electron chi connectivity index (χ1n) is 4.29. The molecule has 2 rings (SSSR count). The SMILES string of the molecule is O=C(NC1CC(F)(F)C1)c1cccs1. The second-order valence-corrected chi connectivity index (χ2v) is 4.36. The van der Waals surface area contributed by atoms with E-state index >= 15 is 0 Å². The van der Waals surface area contributed by atoms with E-state index in [4.69, 9.17) is 0 Å². The molecule has 1 aliphatic rings. The molecule has 1 fully saturated rings. The molecule has 0 bridgehead atoms. The molecule has 14 heavy (non-hydrogen) atoms. The van der Waals surface area contributed by atoms with E-state index in [-0.39, 0.29) is 24.8 Å². The van der Waals surface area contributed by atoms with Crippen LogP contribution in [0.5, 0.6) is 0 Å². The number of hydrogen-bond donors (Lipinski definition) is 1. The number of thiophene rings is 1. The van der Waals surface area contributed by atoms with Crippen LogP contribution in [0.4, 0.5) is 8.78 Å². The van der Waals surface area contributed by atoms with E-state index in [0.29, 0.717) is 4.88 Å². The average Bonchev–Trinajstić information content (AvgIpc) is 2.51. The fourth-order valence-corrected chi connectivity index (χ4v) is 2.05. The van der Waals surface area contributed by atoms with Crippen molar-refractivity contribution in [3.05, 3.63) is 22.4 Å². The maximum atomic E-state index is 12.4. The maximum absolute atomic E-state index is 12.4. The molecule has 0 saturated heterocycles. The smallest absolute Gasteiger partial charge is 0.261 e. The fraction of sp³-hybridized carbons (Fsp3) is 0.444. The number of amides is 1. The predicted octanol–water partition coefficient (Wildman–Crippen LogP) is 2.28. The molecule has 0 aliphatic heterocycles. The second kappa shape index (κ2) is 3.31. The molecule has 1 saturated carbocycles. The van der Waals surface area contributed by atoms with Crippen molar-refractivity contribution in [2.45, 2.75) is 24.8 Å². The Morgan fingerprint density at radius 3 is 2.79 bits per heavy atom. The van der Waals surface area contributed by atoms with Gasteiger partial charge in [-0.25, -0.2) is 8.78 Å². The van der Waals surface area contributed by atoms with Crippen molar-refractivity contribution in [3.8, 4) is 0 Å². The van der Waals surface area contributed by atoms with E-state index in [1.54, 1.807) is 17.5 Å². The predicted molar refractivity (Wildman–Crippen MR) is 49.8 cm³/mol. The summed E-state index contributed by atoms with van der Waals surface area (Å²) in [5.41, 5.74) is 0. The maximum Gasteiger partial charge on any atom is 0.261 e. The molecular formula is C9H9F2NOS. The number of nitrogens with one attached hydrogen (secondary N) is 1. The van der Waals surface area contributed by atoms with Crippen molar-refractivity contribution in [1.29, 1.82) is 0 Å². The summed E-state index contributed by atoms with van der Waals surface area (Å²) in [6, 6.07) is 3.07. The number of hydrogen-bond acceptors (Lipinski definition) is 2. The summed E-state index contributed by atoms with van der Waals surface area (Å²) in [6.07, 6.45) is -0.464. The standard InChI is InChI=1S/C9H9F2NOS/c10-9(11)4-6(5-9)12-8(13)7-2-1-3-14-7/h1-3,6H,4-5H2,(H,12,13). The van der Waals surface area contributed by atoms with Crippen molar-refractivity contribution >= 4 is 17.2 Å². The molecule has 0 radical (unpaired) electrons. The molecule has 0 aromatic carbocycles. The molecule has 1 aliphatic carbocycles. The molecule has 5 heteroatoms. The minimum atomic E-state index is -2.58. The zero-order chi connectivity index (χ0) is 10.2. The highest BCUT2D eigenvalue weighted by Crippen LogP contribution is 2.37. The number of carbonyl (C=O) groups is 1. The number of carbonyl (C=O) groups excluding carboxylic acids is 1. The lowest BCUT2D eigenvalue weighted by Gasteiger charge is -2.35. The monoisotopic (exact) mass is 217 g/mol. The van der Waals surface area contributed by atoms with Gasteiger partial charge < -0.3 is 5.32 Å². The molecule has 76 valence electrons. The van der Waals surface area contributed by atoms with Gasteiger partial charge >= 0.3 is 0 Å². The van der Waals surface area contributed by atoms with Gasteiger partial charge in [0.1, 0.15) is 0 Å². The second-order valence-electron chi connectivity index (χ2n) is 3.41. The minimum Gasteiger partial charge on any atom is -0.348 e. The highest BCUT2D eigenvalue weighted by atomic mass is 32.1. The molecule has 1 amide bonds. The van der Waals surface area contributed by atoms with Crippen molar-refractivity contribution in [2.24, 2.45) is 0 Å². The Morgan fingerprint density at radius 2 is 2.29 bits per heavy atom. The molecule has 2 nitrogen and oxygen atoms in total. The summed E-state index contributed by atoms with van der Waals surface area (Å²) in [7, 11) is 0. The first-order chi connectivity index (χ1) is 6.57. The Balaban J connectivity index is 1.86. The molecule has 1 aromatic heterocycles. The van der Waals surface area contributed by atoms with Gasteiger partial charge in [-0.2, -0.15) is 0 Å². The minimum absolute atomic E-state index is 0.232. The van der Waals surface area contributed by atoms with Gasteiger partial charge in [0.25, 0.3) is 11.8 Å². The van der Waals surface area contributed by atoms with Crippen molar-refractivity contribution in [3.63, 3.8) is 0 Å². The fourth-order valence-electron chi connectivity index (χ4n) is 1.43. The Morgan fingerprint density at radius 1 is 1.57 bits per heavy atom. The van der Waals surface area contributed by atoms with Crippen LogP contribution in [0.25, 0.3) is 0 Å². The Labute approximate surface area is 83.9 Å². The Bertz CT molecular complexity index is 329. The highest BCUT2D eigenvalue weighted by Gasteiger charge is 2.45. The van der Waals surface area contributed by atoms with E-state index in [0.717, 1.165) is 0 Å².